The molecule has 4 amide bonds. The topological polar surface area (TPSA) is 125 Å². The van der Waals surface area contributed by atoms with Crippen LogP contribution in [0.25, 0.3) is 0 Å². The van der Waals surface area contributed by atoms with Gasteiger partial charge in [0.15, 0.2) is 5.78 Å². The zero-order chi connectivity index (χ0) is 23.8. The molecule has 0 aliphatic carbocycles. The average Bonchev–Trinajstić information content (AvgIpc) is 2.69. The molecule has 0 rings (SSSR count). The Labute approximate surface area is 197 Å². The monoisotopic (exact) mass is 494 g/mol. The zero-order valence-corrected chi connectivity index (χ0v) is 21.1. The highest BCUT2D eigenvalue weighted by Crippen LogP contribution is 2.28. The minimum absolute atomic E-state index is 0.0652. The van der Waals surface area contributed by atoms with Gasteiger partial charge in [-0.15, -0.1) is 0 Å². The summed E-state index contributed by atoms with van der Waals surface area (Å²) in [5, 5.41) is 8.20. The van der Waals surface area contributed by atoms with E-state index in [0.717, 1.165) is 5.75 Å². The molecule has 0 aromatic heterocycles. The number of hydrogen-bond donors (Lipinski definition) is 4. The van der Waals surface area contributed by atoms with Crippen LogP contribution in [0.15, 0.2) is 0 Å². The highest BCUT2D eigenvalue weighted by molar-refractivity contribution is 8.77. The molecule has 0 saturated heterocycles. The molecule has 2 atom stereocenters. The molecular weight excluding hydrogens is 460 g/mol. The minimum Gasteiger partial charge on any atom is -0.356 e. The number of Topliss-reactive ketones (excluding diaryl/α,β-unsaturated/α-hetero) is 1. The molecule has 0 fully saturated rings. The summed E-state index contributed by atoms with van der Waals surface area (Å²) in [7, 11) is 4.78. The Morgan fingerprint density at radius 1 is 1.03 bits per heavy atom. The zero-order valence-electron chi connectivity index (χ0n) is 18.6. The van der Waals surface area contributed by atoms with Gasteiger partial charge in [-0.1, -0.05) is 21.6 Å². The van der Waals surface area contributed by atoms with E-state index in [1.165, 1.54) is 25.8 Å². The van der Waals surface area contributed by atoms with Crippen LogP contribution in [0.5, 0.6) is 0 Å². The fraction of sp³-hybridized carbons (Fsp3) is 0.737. The number of rotatable bonds is 16. The van der Waals surface area contributed by atoms with Crippen LogP contribution < -0.4 is 16.0 Å². The van der Waals surface area contributed by atoms with Crippen molar-refractivity contribution in [2.75, 3.05) is 38.2 Å². The molecule has 0 aliphatic rings. The Morgan fingerprint density at radius 3 is 2.29 bits per heavy atom. The first kappa shape index (κ1) is 29.6. The van der Waals surface area contributed by atoms with Gasteiger partial charge in [0, 0.05) is 56.7 Å². The third-order valence-corrected chi connectivity index (χ3v) is 7.68. The van der Waals surface area contributed by atoms with Gasteiger partial charge in [-0.05, 0) is 20.3 Å². The number of nitrogens with one attached hydrogen (secondary N) is 3. The fourth-order valence-corrected chi connectivity index (χ4v) is 5.15. The van der Waals surface area contributed by atoms with Gasteiger partial charge < -0.3 is 20.9 Å². The summed E-state index contributed by atoms with van der Waals surface area (Å²) in [5.74, 6) is 0.414. The quantitative estimate of drug-likeness (QED) is 0.141. The molecule has 0 aliphatic heterocycles. The predicted molar refractivity (Wildman–Crippen MR) is 129 cm³/mol. The Balaban J connectivity index is 3.90. The van der Waals surface area contributed by atoms with E-state index >= 15 is 0 Å². The van der Waals surface area contributed by atoms with Crippen molar-refractivity contribution in [3.8, 4) is 0 Å². The number of ketones is 1. The van der Waals surface area contributed by atoms with E-state index in [-0.39, 0.29) is 48.3 Å². The number of amides is 4. The lowest BCUT2D eigenvalue weighted by molar-refractivity contribution is -0.135. The van der Waals surface area contributed by atoms with Gasteiger partial charge in [-0.25, -0.2) is 0 Å². The minimum atomic E-state index is -0.590. The summed E-state index contributed by atoms with van der Waals surface area (Å²) in [4.78, 5) is 59.1. The molecular formula is C19H34N4O5S3. The van der Waals surface area contributed by atoms with E-state index < -0.39 is 11.9 Å². The third-order valence-electron chi connectivity index (χ3n) is 4.07. The van der Waals surface area contributed by atoms with Crippen LogP contribution in [0.3, 0.4) is 0 Å². The Kier molecular flexibility index (Phi) is 16.4. The molecule has 0 saturated carbocycles. The van der Waals surface area contributed by atoms with Crippen LogP contribution in [0, 0.1) is 0 Å². The summed E-state index contributed by atoms with van der Waals surface area (Å²) in [6.07, 6.45) is 1.15. The SMILES string of the molecule is CC(=O)NCC(CS)SSCCCC(=O)NCCC(=O)N(C)CC(=O)N[C@@H](C)C(C)=O. The molecule has 0 bridgehead atoms. The van der Waals surface area contributed by atoms with Crippen LogP contribution in [0.2, 0.25) is 0 Å². The van der Waals surface area contributed by atoms with Gasteiger partial charge in [0.2, 0.25) is 23.6 Å². The number of carbonyl (C=O) groups excluding carboxylic acids is 5. The first-order valence-corrected chi connectivity index (χ1v) is 13.0. The molecule has 1 unspecified atom stereocenters. The number of nitrogens with zero attached hydrogens (tertiary/aromatic N) is 1. The first-order valence-electron chi connectivity index (χ1n) is 10.0. The van der Waals surface area contributed by atoms with Crippen LogP contribution in [-0.2, 0) is 24.0 Å². The molecule has 0 spiro atoms. The molecule has 31 heavy (non-hydrogen) atoms. The lowest BCUT2D eigenvalue weighted by Gasteiger charge is -2.18. The van der Waals surface area contributed by atoms with Crippen molar-refractivity contribution in [1.29, 1.82) is 0 Å². The summed E-state index contributed by atoms with van der Waals surface area (Å²) >= 11 is 4.27. The summed E-state index contributed by atoms with van der Waals surface area (Å²) in [6, 6.07) is -0.590. The number of thiol groups is 1. The summed E-state index contributed by atoms with van der Waals surface area (Å²) in [5.41, 5.74) is 0. The van der Waals surface area contributed by atoms with E-state index in [1.54, 1.807) is 28.5 Å². The Hall–Kier alpha value is -1.40. The normalized spacial score (nSPS) is 12.4. The molecule has 3 N–H and O–H groups in total. The molecule has 0 heterocycles. The van der Waals surface area contributed by atoms with E-state index in [1.807, 2.05) is 0 Å². The number of likely N-dealkylation sites (N-methyl/N-ethyl adjacent to an activating group) is 1. The van der Waals surface area contributed by atoms with Crippen LogP contribution in [-0.4, -0.2) is 83.8 Å². The molecule has 0 aromatic rings. The standard InChI is InChI=1S/C19H34N4O5S3/c1-13(14(2)24)22-18(27)11-23(4)19(28)7-8-20-17(26)6-5-9-30-31-16(12-29)10-21-15(3)25/h13,16,29H,5-12H2,1-4H3,(H,20,26)(H,21,25)(H,22,27)/t13-,16?/m0/s1. The molecule has 0 radical (unpaired) electrons. The van der Waals surface area contributed by atoms with Gasteiger partial charge in [-0.3, -0.25) is 24.0 Å². The van der Waals surface area contributed by atoms with Crippen molar-refractivity contribution in [2.45, 2.75) is 51.3 Å². The lowest BCUT2D eigenvalue weighted by Crippen LogP contribution is -2.44. The maximum Gasteiger partial charge on any atom is 0.240 e. The van der Waals surface area contributed by atoms with E-state index in [2.05, 4.69) is 28.6 Å². The summed E-state index contributed by atoms with van der Waals surface area (Å²) in [6.45, 7) is 5.07. The van der Waals surface area contributed by atoms with Gasteiger partial charge in [0.1, 0.15) is 0 Å². The van der Waals surface area contributed by atoms with Crippen LogP contribution in [0.4, 0.5) is 0 Å². The second-order valence-electron chi connectivity index (χ2n) is 7.01. The van der Waals surface area contributed by atoms with Gasteiger partial charge in [-0.2, -0.15) is 12.6 Å². The molecule has 0 aromatic carbocycles. The Bertz CT molecular complexity index is 621. The molecule has 12 heteroatoms. The lowest BCUT2D eigenvalue weighted by atomic mass is 10.2. The van der Waals surface area contributed by atoms with Crippen molar-refractivity contribution in [2.24, 2.45) is 0 Å². The maximum absolute atomic E-state index is 12.1. The predicted octanol–water partition coefficient (Wildman–Crippen LogP) is 0.641. The molecule has 178 valence electrons. The van der Waals surface area contributed by atoms with Crippen molar-refractivity contribution in [3.63, 3.8) is 0 Å². The van der Waals surface area contributed by atoms with Crippen molar-refractivity contribution < 1.29 is 24.0 Å². The van der Waals surface area contributed by atoms with E-state index in [4.69, 9.17) is 0 Å². The van der Waals surface area contributed by atoms with Crippen LogP contribution >= 0.6 is 34.2 Å². The first-order chi connectivity index (χ1) is 14.6. The maximum atomic E-state index is 12.1. The van der Waals surface area contributed by atoms with Gasteiger partial charge >= 0.3 is 0 Å². The van der Waals surface area contributed by atoms with E-state index in [0.29, 0.717) is 25.1 Å². The van der Waals surface area contributed by atoms with E-state index in [9.17, 15) is 24.0 Å². The average molecular weight is 495 g/mol. The summed E-state index contributed by atoms with van der Waals surface area (Å²) < 4.78 is 0. The van der Waals surface area contributed by atoms with Crippen LogP contribution in [0.1, 0.15) is 40.0 Å². The van der Waals surface area contributed by atoms with Gasteiger partial charge in [0.05, 0.1) is 12.6 Å². The largest absolute Gasteiger partial charge is 0.356 e. The number of hydrogen-bond acceptors (Lipinski definition) is 8. The van der Waals surface area contributed by atoms with Gasteiger partial charge in [0.25, 0.3) is 0 Å². The second kappa shape index (κ2) is 17.2. The molecule has 9 nitrogen and oxygen atoms in total. The number of carbonyl (C=O) groups is 5. The fourth-order valence-electron chi connectivity index (χ4n) is 2.10. The smallest absolute Gasteiger partial charge is 0.240 e. The van der Waals surface area contributed by atoms with Crippen molar-refractivity contribution in [1.82, 2.24) is 20.9 Å². The third kappa shape index (κ3) is 16.0. The van der Waals surface area contributed by atoms with Crippen molar-refractivity contribution in [3.05, 3.63) is 0 Å². The highest BCUT2D eigenvalue weighted by Gasteiger charge is 2.16. The van der Waals surface area contributed by atoms with Crippen molar-refractivity contribution >= 4 is 63.6 Å². The highest BCUT2D eigenvalue weighted by atomic mass is 33.1. The second-order valence-corrected chi connectivity index (χ2v) is 10.2. The Morgan fingerprint density at radius 2 is 1.71 bits per heavy atom.